The standard InChI is InChI=1S/C23H22F3N7O/c24-23(25,26)14-6-17-18(11-29-20(17)28-10-14)19-13(8-27)9-30-22(33-19)32-16-3-1-2-15(7-16)31-21(34)12-4-5-12/h6,9-12,15-16H,1-5,7H2,(H,28,29)(H,31,34)(H,30,32,33)/t15-,16+/m1/s1. The van der Waals surface area contributed by atoms with E-state index in [2.05, 4.69) is 30.6 Å². The second-order valence-electron chi connectivity index (χ2n) is 8.88. The van der Waals surface area contributed by atoms with Gasteiger partial charge in [-0.15, -0.1) is 0 Å². The van der Waals surface area contributed by atoms with E-state index in [1.807, 2.05) is 6.07 Å². The number of alkyl halides is 3. The summed E-state index contributed by atoms with van der Waals surface area (Å²) in [4.78, 5) is 27.5. The average molecular weight is 469 g/mol. The van der Waals surface area contributed by atoms with E-state index in [1.165, 1.54) is 12.4 Å². The zero-order valence-electron chi connectivity index (χ0n) is 18.1. The first-order valence-electron chi connectivity index (χ1n) is 11.2. The summed E-state index contributed by atoms with van der Waals surface area (Å²) in [6, 6.07) is 3.12. The lowest BCUT2D eigenvalue weighted by molar-refractivity contribution is -0.137. The molecule has 5 rings (SSSR count). The fourth-order valence-corrected chi connectivity index (χ4v) is 4.39. The highest BCUT2D eigenvalue weighted by Gasteiger charge is 2.33. The number of nitriles is 1. The fraction of sp³-hybridized carbons (Fsp3) is 0.435. The molecule has 8 nitrogen and oxygen atoms in total. The summed E-state index contributed by atoms with van der Waals surface area (Å²) in [5.74, 6) is 0.553. The Bertz CT molecular complexity index is 1280. The number of hydrogen-bond donors (Lipinski definition) is 3. The topological polar surface area (TPSA) is 119 Å². The molecule has 176 valence electrons. The number of fused-ring (bicyclic) bond motifs is 1. The molecule has 3 aromatic rings. The van der Waals surface area contributed by atoms with E-state index >= 15 is 0 Å². The minimum atomic E-state index is -4.54. The van der Waals surface area contributed by atoms with Crippen LogP contribution >= 0.6 is 0 Å². The van der Waals surface area contributed by atoms with Gasteiger partial charge in [0.2, 0.25) is 11.9 Å². The number of amides is 1. The van der Waals surface area contributed by atoms with Gasteiger partial charge in [0.05, 0.1) is 23.0 Å². The smallest absolute Gasteiger partial charge is 0.353 e. The first kappa shape index (κ1) is 22.1. The SMILES string of the molecule is N#Cc1cnc(N[C@H]2CCC[C@@H](NC(=O)C3CC3)C2)nc1-c1c[nH]c2ncc(C(F)(F)F)cc12. The van der Waals surface area contributed by atoms with E-state index in [-0.39, 0.29) is 52.1 Å². The van der Waals surface area contributed by atoms with Crippen molar-refractivity contribution in [3.05, 3.63) is 35.8 Å². The van der Waals surface area contributed by atoms with Crippen LogP contribution in [-0.2, 0) is 11.0 Å². The van der Waals surface area contributed by atoms with Crippen molar-refractivity contribution in [1.29, 1.82) is 5.26 Å². The van der Waals surface area contributed by atoms with E-state index < -0.39 is 11.7 Å². The Labute approximate surface area is 193 Å². The summed E-state index contributed by atoms with van der Waals surface area (Å²) in [5, 5.41) is 16.2. The highest BCUT2D eigenvalue weighted by atomic mass is 19.4. The summed E-state index contributed by atoms with van der Waals surface area (Å²) in [5.41, 5.74) is 0.0902. The molecule has 34 heavy (non-hydrogen) atoms. The van der Waals surface area contributed by atoms with Gasteiger partial charge in [-0.05, 0) is 44.6 Å². The number of H-pyrrole nitrogens is 1. The minimum Gasteiger partial charge on any atom is -0.353 e. The fourth-order valence-electron chi connectivity index (χ4n) is 4.39. The van der Waals surface area contributed by atoms with Crippen molar-refractivity contribution in [3.8, 4) is 17.3 Å². The number of halogens is 3. The summed E-state index contributed by atoms with van der Waals surface area (Å²) in [6.45, 7) is 0. The van der Waals surface area contributed by atoms with Gasteiger partial charge in [-0.2, -0.15) is 18.4 Å². The summed E-state index contributed by atoms with van der Waals surface area (Å²) < 4.78 is 39.7. The van der Waals surface area contributed by atoms with Gasteiger partial charge in [-0.1, -0.05) is 0 Å². The van der Waals surface area contributed by atoms with Gasteiger partial charge >= 0.3 is 6.18 Å². The number of nitrogens with one attached hydrogen (secondary N) is 3. The molecule has 0 bridgehead atoms. The Morgan fingerprint density at radius 3 is 2.68 bits per heavy atom. The number of aromatic amines is 1. The maximum atomic E-state index is 13.2. The lowest BCUT2D eigenvalue weighted by atomic mass is 9.91. The second-order valence-corrected chi connectivity index (χ2v) is 8.88. The molecular weight excluding hydrogens is 447 g/mol. The van der Waals surface area contributed by atoms with Crippen molar-refractivity contribution < 1.29 is 18.0 Å². The highest BCUT2D eigenvalue weighted by molar-refractivity contribution is 5.94. The van der Waals surface area contributed by atoms with Crippen molar-refractivity contribution in [1.82, 2.24) is 25.3 Å². The van der Waals surface area contributed by atoms with Crippen LogP contribution < -0.4 is 10.6 Å². The molecule has 0 saturated heterocycles. The second kappa shape index (κ2) is 8.59. The van der Waals surface area contributed by atoms with Gasteiger partial charge in [-0.25, -0.2) is 15.0 Å². The van der Waals surface area contributed by atoms with Crippen LogP contribution in [0.5, 0.6) is 0 Å². The number of hydrogen-bond acceptors (Lipinski definition) is 6. The van der Waals surface area contributed by atoms with Gasteiger partial charge in [0.25, 0.3) is 0 Å². The number of carbonyl (C=O) groups is 1. The molecule has 11 heteroatoms. The maximum Gasteiger partial charge on any atom is 0.417 e. The zero-order chi connectivity index (χ0) is 23.9. The van der Waals surface area contributed by atoms with E-state index in [1.54, 1.807) is 0 Å². The first-order valence-corrected chi connectivity index (χ1v) is 11.2. The molecule has 3 aromatic heterocycles. The Morgan fingerprint density at radius 1 is 1.15 bits per heavy atom. The summed E-state index contributed by atoms with van der Waals surface area (Å²) >= 11 is 0. The predicted octanol–water partition coefficient (Wildman–Crippen LogP) is 4.16. The van der Waals surface area contributed by atoms with Crippen LogP contribution in [-0.4, -0.2) is 37.9 Å². The molecule has 0 spiro atoms. The van der Waals surface area contributed by atoms with Crippen LogP contribution in [0.25, 0.3) is 22.3 Å². The van der Waals surface area contributed by atoms with Gasteiger partial charge < -0.3 is 15.6 Å². The van der Waals surface area contributed by atoms with Crippen molar-refractivity contribution in [2.75, 3.05) is 5.32 Å². The maximum absolute atomic E-state index is 13.2. The van der Waals surface area contributed by atoms with Crippen LogP contribution in [0.15, 0.2) is 24.7 Å². The van der Waals surface area contributed by atoms with Gasteiger partial charge in [-0.3, -0.25) is 4.79 Å². The number of carbonyl (C=O) groups excluding carboxylic acids is 1. The third-order valence-electron chi connectivity index (χ3n) is 6.32. The molecule has 2 saturated carbocycles. The number of nitrogens with zero attached hydrogens (tertiary/aromatic N) is 4. The number of rotatable bonds is 5. The lowest BCUT2D eigenvalue weighted by Crippen LogP contribution is -2.42. The molecule has 0 unspecified atom stereocenters. The van der Waals surface area contributed by atoms with Crippen molar-refractivity contribution >= 4 is 22.9 Å². The molecule has 0 aromatic carbocycles. The van der Waals surface area contributed by atoms with Crippen LogP contribution in [0.1, 0.15) is 49.7 Å². The number of anilines is 1. The monoisotopic (exact) mass is 469 g/mol. The largest absolute Gasteiger partial charge is 0.417 e. The summed E-state index contributed by atoms with van der Waals surface area (Å²) in [6.07, 6.45) is 4.44. The van der Waals surface area contributed by atoms with Crippen LogP contribution in [0.3, 0.4) is 0 Å². The predicted molar refractivity (Wildman–Crippen MR) is 117 cm³/mol. The zero-order valence-corrected chi connectivity index (χ0v) is 18.1. The van der Waals surface area contributed by atoms with Gasteiger partial charge in [0, 0.05) is 41.3 Å². The molecule has 2 aliphatic carbocycles. The average Bonchev–Trinajstić information content (AvgIpc) is 3.58. The Balaban J connectivity index is 1.40. The third-order valence-corrected chi connectivity index (χ3v) is 6.32. The molecule has 0 radical (unpaired) electrons. The molecule has 2 atom stereocenters. The Hall–Kier alpha value is -3.68. The normalized spacial score (nSPS) is 20.6. The van der Waals surface area contributed by atoms with Crippen LogP contribution in [0.2, 0.25) is 0 Å². The first-order chi connectivity index (χ1) is 16.3. The third kappa shape index (κ3) is 4.53. The van der Waals surface area contributed by atoms with Crippen molar-refractivity contribution in [2.24, 2.45) is 5.92 Å². The number of aromatic nitrogens is 4. The molecule has 1 amide bonds. The Kier molecular flexibility index (Phi) is 5.59. The van der Waals surface area contributed by atoms with Gasteiger partial charge in [0.15, 0.2) is 0 Å². The highest BCUT2D eigenvalue weighted by Crippen LogP contribution is 2.35. The molecule has 2 aliphatic rings. The lowest BCUT2D eigenvalue weighted by Gasteiger charge is -2.30. The quantitative estimate of drug-likeness (QED) is 0.516. The van der Waals surface area contributed by atoms with Crippen molar-refractivity contribution in [2.45, 2.75) is 56.8 Å². The minimum absolute atomic E-state index is 0.0282. The molecule has 3 heterocycles. The van der Waals surface area contributed by atoms with E-state index in [0.29, 0.717) is 5.56 Å². The van der Waals surface area contributed by atoms with Gasteiger partial charge in [0.1, 0.15) is 11.7 Å². The van der Waals surface area contributed by atoms with E-state index in [0.717, 1.165) is 50.8 Å². The molecule has 2 fully saturated rings. The Morgan fingerprint density at radius 2 is 1.94 bits per heavy atom. The van der Waals surface area contributed by atoms with E-state index in [4.69, 9.17) is 0 Å². The van der Waals surface area contributed by atoms with Crippen LogP contribution in [0.4, 0.5) is 19.1 Å². The molecule has 3 N–H and O–H groups in total. The molecular formula is C23H22F3N7O. The molecule has 0 aliphatic heterocycles. The number of pyridine rings is 1. The van der Waals surface area contributed by atoms with Crippen molar-refractivity contribution in [3.63, 3.8) is 0 Å². The van der Waals surface area contributed by atoms with E-state index in [9.17, 15) is 23.2 Å². The summed E-state index contributed by atoms with van der Waals surface area (Å²) in [7, 11) is 0. The van der Waals surface area contributed by atoms with Crippen LogP contribution in [0, 0.1) is 17.2 Å².